The van der Waals surface area contributed by atoms with Crippen molar-refractivity contribution < 1.29 is 73.3 Å². The van der Waals surface area contributed by atoms with Gasteiger partial charge < -0.3 is 68.9 Å². The van der Waals surface area contributed by atoms with Crippen molar-refractivity contribution in [2.75, 3.05) is 35.0 Å². The summed E-state index contributed by atoms with van der Waals surface area (Å²) in [7, 11) is 5.46. The molecular formula is C33H35O15+. The molecule has 15 heteroatoms. The zero-order valence-corrected chi connectivity index (χ0v) is 26.2. The van der Waals surface area contributed by atoms with Gasteiger partial charge in [0.1, 0.15) is 47.4 Å². The predicted octanol–water partition coefficient (Wildman–Crippen LogP) is 2.39. The molecule has 15 nitrogen and oxygen atoms in total. The lowest BCUT2D eigenvalue weighted by Crippen LogP contribution is -2.60. The van der Waals surface area contributed by atoms with Crippen LogP contribution in [0.15, 0.2) is 40.8 Å². The second kappa shape index (κ2) is 12.9. The number of aromatic hydroxyl groups is 3. The van der Waals surface area contributed by atoms with Crippen LogP contribution in [0.4, 0.5) is 0 Å². The number of ether oxygens (including phenoxy) is 7. The number of aliphatic hydroxyl groups excluding tert-OH is 4. The first-order valence-electron chi connectivity index (χ1n) is 14.7. The number of phenolic OH excluding ortho intramolecular Hbond substituents is 3. The van der Waals surface area contributed by atoms with Gasteiger partial charge in [-0.25, -0.2) is 4.42 Å². The van der Waals surface area contributed by atoms with Crippen molar-refractivity contribution in [3.8, 4) is 63.1 Å². The topological polar surface area (TPSA) is 218 Å². The molecule has 48 heavy (non-hydrogen) atoms. The third-order valence-corrected chi connectivity index (χ3v) is 8.40. The lowest BCUT2D eigenvalue weighted by molar-refractivity contribution is -0.277. The average Bonchev–Trinajstić information content (AvgIpc) is 3.09. The largest absolute Gasteiger partial charge is 0.507 e. The highest BCUT2D eigenvalue weighted by molar-refractivity contribution is 5.93. The lowest BCUT2D eigenvalue weighted by Gasteiger charge is -2.39. The molecule has 1 saturated heterocycles. The van der Waals surface area contributed by atoms with Crippen molar-refractivity contribution in [1.29, 1.82) is 0 Å². The first kappa shape index (κ1) is 33.0. The number of rotatable bonds is 9. The quantitative estimate of drug-likeness (QED) is 0.127. The monoisotopic (exact) mass is 671 g/mol. The third kappa shape index (κ3) is 5.54. The second-order valence-corrected chi connectivity index (χ2v) is 11.2. The fourth-order valence-electron chi connectivity index (χ4n) is 5.93. The summed E-state index contributed by atoms with van der Waals surface area (Å²) in [5, 5.41) is 74.0. The van der Waals surface area contributed by atoms with Crippen LogP contribution < -0.4 is 28.4 Å². The van der Waals surface area contributed by atoms with E-state index >= 15 is 0 Å². The molecule has 0 saturated carbocycles. The maximum atomic E-state index is 10.9. The van der Waals surface area contributed by atoms with Crippen molar-refractivity contribution in [3.05, 3.63) is 47.5 Å². The van der Waals surface area contributed by atoms with E-state index in [9.17, 15) is 35.7 Å². The fourth-order valence-corrected chi connectivity index (χ4v) is 5.93. The van der Waals surface area contributed by atoms with Gasteiger partial charge in [-0.1, -0.05) is 0 Å². The molecule has 3 heterocycles. The van der Waals surface area contributed by atoms with Crippen molar-refractivity contribution in [2.45, 2.75) is 43.2 Å². The van der Waals surface area contributed by atoms with Gasteiger partial charge in [0.15, 0.2) is 23.0 Å². The van der Waals surface area contributed by atoms with Gasteiger partial charge in [0, 0.05) is 35.7 Å². The molecule has 2 aliphatic rings. The molecule has 1 aromatic heterocycles. The number of aliphatic hydroxyl groups is 4. The third-order valence-electron chi connectivity index (χ3n) is 8.40. The van der Waals surface area contributed by atoms with Crippen LogP contribution in [-0.2, 0) is 11.2 Å². The molecule has 0 spiro atoms. The van der Waals surface area contributed by atoms with Gasteiger partial charge in [-0.15, -0.1) is 0 Å². The molecule has 6 rings (SSSR count). The summed E-state index contributed by atoms with van der Waals surface area (Å²) in [5.74, 6) is -0.243. The van der Waals surface area contributed by atoms with E-state index in [4.69, 9.17) is 37.6 Å². The Labute approximate surface area is 273 Å². The lowest BCUT2D eigenvalue weighted by atomic mass is 9.92. The van der Waals surface area contributed by atoms with E-state index < -0.39 is 43.4 Å². The molecule has 1 fully saturated rings. The Morgan fingerprint density at radius 2 is 1.35 bits per heavy atom. The Hall–Kier alpha value is -4.93. The normalized spacial score (nSPS) is 23.3. The van der Waals surface area contributed by atoms with Crippen molar-refractivity contribution in [1.82, 2.24) is 0 Å². The van der Waals surface area contributed by atoms with Crippen molar-refractivity contribution >= 4 is 11.0 Å². The smallest absolute Gasteiger partial charge is 0.402 e. The zero-order chi connectivity index (χ0) is 34.4. The van der Waals surface area contributed by atoms with Gasteiger partial charge in [0.2, 0.25) is 23.5 Å². The van der Waals surface area contributed by atoms with Gasteiger partial charge in [0.05, 0.1) is 46.7 Å². The molecule has 0 aliphatic carbocycles. The summed E-state index contributed by atoms with van der Waals surface area (Å²) in [4.78, 5) is 0. The molecule has 0 radical (unpaired) electrons. The van der Waals surface area contributed by atoms with Gasteiger partial charge in [-0.2, -0.15) is 0 Å². The van der Waals surface area contributed by atoms with Crippen LogP contribution in [0.5, 0.6) is 51.7 Å². The van der Waals surface area contributed by atoms with Crippen LogP contribution in [0.2, 0.25) is 0 Å². The molecule has 6 atom stereocenters. The first-order valence-corrected chi connectivity index (χ1v) is 14.7. The minimum absolute atomic E-state index is 0.00382. The Kier molecular flexibility index (Phi) is 8.89. The van der Waals surface area contributed by atoms with E-state index in [1.165, 1.54) is 52.7 Å². The Morgan fingerprint density at radius 1 is 0.771 bits per heavy atom. The second-order valence-electron chi connectivity index (χ2n) is 11.2. The summed E-state index contributed by atoms with van der Waals surface area (Å²) in [6.07, 6.45) is -8.80. The minimum Gasteiger partial charge on any atom is -0.507 e. The van der Waals surface area contributed by atoms with Crippen LogP contribution in [-0.4, -0.2) is 101 Å². The van der Waals surface area contributed by atoms with Crippen LogP contribution in [0.25, 0.3) is 22.3 Å². The van der Waals surface area contributed by atoms with Gasteiger partial charge in [-0.3, -0.25) is 0 Å². The summed E-state index contributed by atoms with van der Waals surface area (Å²) in [6.45, 7) is -0.692. The highest BCUT2D eigenvalue weighted by Crippen LogP contribution is 2.52. The molecule has 256 valence electrons. The van der Waals surface area contributed by atoms with E-state index in [0.29, 0.717) is 16.5 Å². The first-order chi connectivity index (χ1) is 23.0. The number of methoxy groups -OCH3 is 4. The van der Waals surface area contributed by atoms with Crippen molar-refractivity contribution in [3.63, 3.8) is 0 Å². The molecule has 0 bridgehead atoms. The SMILES string of the molecule is COc1cc(-c2[o+]c3cc(O)cc4c3c(c2O[C@@H]2O[C@H](CO)[C@@H](O)[C@H](O)[C@H]2O)CC(c2cc(OC)c(O)c(OC)c2)O4)cc(OC)c1O. The predicted molar refractivity (Wildman–Crippen MR) is 165 cm³/mol. The van der Waals surface area contributed by atoms with Gasteiger partial charge in [-0.05, 0) is 12.1 Å². The Morgan fingerprint density at radius 3 is 1.92 bits per heavy atom. The zero-order valence-electron chi connectivity index (χ0n) is 26.2. The number of hydrogen-bond donors (Lipinski definition) is 7. The minimum atomic E-state index is -1.78. The summed E-state index contributed by atoms with van der Waals surface area (Å²) in [6, 6.07) is 8.78. The Bertz CT molecular complexity index is 1790. The standard InChI is InChI=1S/C33H34O15/c1-41-20-5-13(6-21(42-2)26(20)36)17-11-16-25-18(45-17)9-15(35)10-19(25)46-31(14-7-22(43-3)27(37)23(8-14)44-4)32(16)48-33-30(40)29(39)28(38)24(12-34)47-33/h5-10,17,24,28-30,33-34,38-40H,11-12H2,1-4H3,(H2-,35,36,37)/p+1/t17?,24-,28-,29+,30-,33+/m1/s1. The molecule has 7 N–H and O–H groups in total. The number of benzene rings is 3. The highest BCUT2D eigenvalue weighted by atomic mass is 16.7. The van der Waals surface area contributed by atoms with Crippen LogP contribution in [0, 0.1) is 0 Å². The van der Waals surface area contributed by atoms with E-state index in [1.807, 2.05) is 0 Å². The maximum absolute atomic E-state index is 10.9. The van der Waals surface area contributed by atoms with E-state index in [-0.39, 0.29) is 75.1 Å². The van der Waals surface area contributed by atoms with E-state index in [1.54, 1.807) is 12.1 Å². The maximum Gasteiger partial charge on any atom is 0.402 e. The molecular weight excluding hydrogens is 636 g/mol. The van der Waals surface area contributed by atoms with Crippen LogP contribution >= 0.6 is 0 Å². The highest BCUT2D eigenvalue weighted by Gasteiger charge is 2.47. The van der Waals surface area contributed by atoms with Gasteiger partial charge in [0.25, 0.3) is 0 Å². The number of hydrogen-bond acceptors (Lipinski definition) is 14. The fraction of sp³-hybridized carbons (Fsp3) is 0.364. The Balaban J connectivity index is 1.60. The van der Waals surface area contributed by atoms with E-state index in [0.717, 1.165) is 0 Å². The summed E-state index contributed by atoms with van der Waals surface area (Å²) < 4.78 is 46.1. The van der Waals surface area contributed by atoms with Gasteiger partial charge >= 0.3 is 11.3 Å². The average molecular weight is 672 g/mol. The summed E-state index contributed by atoms with van der Waals surface area (Å²) in [5.41, 5.74) is 1.38. The summed E-state index contributed by atoms with van der Waals surface area (Å²) >= 11 is 0. The molecule has 1 unspecified atom stereocenters. The molecule has 2 aliphatic heterocycles. The van der Waals surface area contributed by atoms with E-state index in [2.05, 4.69) is 0 Å². The van der Waals surface area contributed by atoms with Crippen LogP contribution in [0.3, 0.4) is 0 Å². The molecule has 4 aromatic rings. The van der Waals surface area contributed by atoms with Crippen molar-refractivity contribution in [2.24, 2.45) is 0 Å². The molecule has 3 aromatic carbocycles. The molecule has 0 amide bonds. The number of phenols is 3. The van der Waals surface area contributed by atoms with Crippen LogP contribution in [0.1, 0.15) is 17.2 Å².